The minimum Gasteiger partial charge on any atom is -0.493 e. The molecule has 24 heavy (non-hydrogen) atoms. The van der Waals surface area contributed by atoms with Crippen molar-refractivity contribution in [1.29, 1.82) is 0 Å². The van der Waals surface area contributed by atoms with Gasteiger partial charge in [0.05, 0.1) is 19.1 Å². The zero-order valence-electron chi connectivity index (χ0n) is 13.5. The molecule has 0 spiro atoms. The molecule has 2 aromatic rings. The minimum atomic E-state index is -0.474. The second-order valence-corrected chi connectivity index (χ2v) is 5.01. The number of ether oxygens (including phenoxy) is 2. The Bertz CT molecular complexity index is 715. The molecule has 0 aliphatic heterocycles. The summed E-state index contributed by atoms with van der Waals surface area (Å²) in [5, 5.41) is 10.7. The maximum atomic E-state index is 11.3. The summed E-state index contributed by atoms with van der Waals surface area (Å²) in [6.45, 7) is 0.441. The van der Waals surface area contributed by atoms with Crippen LogP contribution in [-0.4, -0.2) is 32.1 Å². The van der Waals surface area contributed by atoms with Crippen molar-refractivity contribution in [1.82, 2.24) is 0 Å². The van der Waals surface area contributed by atoms with Crippen LogP contribution in [0.5, 0.6) is 11.5 Å². The molecule has 1 amide bonds. The molecule has 0 saturated carbocycles. The highest BCUT2D eigenvalue weighted by molar-refractivity contribution is 5.75. The van der Waals surface area contributed by atoms with Gasteiger partial charge in [-0.1, -0.05) is 6.07 Å². The average Bonchev–Trinajstić information content (AvgIpc) is 2.62. The molecule has 0 bridgehead atoms. The number of nitrogens with zero attached hydrogens (tertiary/aromatic N) is 2. The topological polar surface area (TPSA) is 81.9 Å². The Balaban J connectivity index is 2.08. The van der Waals surface area contributed by atoms with E-state index in [9.17, 15) is 14.9 Å². The Labute approximate surface area is 139 Å². The van der Waals surface area contributed by atoms with Crippen molar-refractivity contribution in [3.63, 3.8) is 0 Å². The molecule has 0 aliphatic carbocycles. The summed E-state index contributed by atoms with van der Waals surface area (Å²) in [7, 11) is 3.14. The van der Waals surface area contributed by atoms with Crippen molar-refractivity contribution in [3.05, 3.63) is 58.1 Å². The van der Waals surface area contributed by atoms with Crippen LogP contribution in [0, 0.1) is 10.1 Å². The van der Waals surface area contributed by atoms with E-state index in [0.29, 0.717) is 36.6 Å². The van der Waals surface area contributed by atoms with Crippen LogP contribution in [0.4, 0.5) is 11.4 Å². The molecule has 0 aliphatic rings. The van der Waals surface area contributed by atoms with Gasteiger partial charge in [-0.3, -0.25) is 14.9 Å². The molecule has 0 saturated heterocycles. The van der Waals surface area contributed by atoms with E-state index in [1.54, 1.807) is 26.4 Å². The van der Waals surface area contributed by atoms with Gasteiger partial charge in [0, 0.05) is 24.4 Å². The lowest BCUT2D eigenvalue weighted by Gasteiger charge is -2.17. The highest BCUT2D eigenvalue weighted by atomic mass is 16.6. The van der Waals surface area contributed by atoms with Gasteiger partial charge in [0.2, 0.25) is 6.41 Å². The second kappa shape index (κ2) is 7.96. The number of carbonyl (C=O) groups is 1. The standard InChI is InChI=1S/C17H18N2O5/c1-23-16-8-3-13(11-17(16)24-2)9-10-18(12-20)14-4-6-15(7-5-14)19(21)22/h3-8,11-12H,9-10H2,1-2H3. The summed E-state index contributed by atoms with van der Waals surface area (Å²) < 4.78 is 10.4. The number of hydrogen-bond donors (Lipinski definition) is 0. The Morgan fingerprint density at radius 1 is 1.08 bits per heavy atom. The highest BCUT2D eigenvalue weighted by Gasteiger charge is 2.10. The molecular weight excluding hydrogens is 312 g/mol. The largest absolute Gasteiger partial charge is 0.493 e. The van der Waals surface area contributed by atoms with Crippen LogP contribution in [0.3, 0.4) is 0 Å². The molecular formula is C17H18N2O5. The SMILES string of the molecule is COc1ccc(CCN(C=O)c2ccc([N+](=O)[O-])cc2)cc1OC. The lowest BCUT2D eigenvalue weighted by molar-refractivity contribution is -0.384. The number of nitro groups is 1. The molecule has 2 rings (SSSR count). The predicted molar refractivity (Wildman–Crippen MR) is 89.8 cm³/mol. The molecule has 7 nitrogen and oxygen atoms in total. The van der Waals surface area contributed by atoms with Crippen LogP contribution < -0.4 is 14.4 Å². The van der Waals surface area contributed by atoms with Crippen LogP contribution in [0.1, 0.15) is 5.56 Å². The van der Waals surface area contributed by atoms with Crippen LogP contribution in [0.15, 0.2) is 42.5 Å². The van der Waals surface area contributed by atoms with Crippen LogP contribution in [-0.2, 0) is 11.2 Å². The van der Waals surface area contributed by atoms with E-state index in [-0.39, 0.29) is 5.69 Å². The van der Waals surface area contributed by atoms with E-state index in [1.165, 1.54) is 17.0 Å². The number of amides is 1. The van der Waals surface area contributed by atoms with E-state index >= 15 is 0 Å². The predicted octanol–water partition coefficient (Wildman–Crippen LogP) is 2.82. The first-order chi connectivity index (χ1) is 11.6. The smallest absolute Gasteiger partial charge is 0.269 e. The summed E-state index contributed by atoms with van der Waals surface area (Å²) in [4.78, 5) is 23.0. The number of methoxy groups -OCH3 is 2. The Hall–Kier alpha value is -3.09. The lowest BCUT2D eigenvalue weighted by Crippen LogP contribution is -2.23. The number of rotatable bonds is 8. The van der Waals surface area contributed by atoms with E-state index in [2.05, 4.69) is 0 Å². The second-order valence-electron chi connectivity index (χ2n) is 5.01. The van der Waals surface area contributed by atoms with Crippen molar-refractivity contribution >= 4 is 17.8 Å². The molecule has 0 atom stereocenters. The van der Waals surface area contributed by atoms with E-state index in [1.807, 2.05) is 18.2 Å². The van der Waals surface area contributed by atoms with Gasteiger partial charge in [0.25, 0.3) is 5.69 Å². The number of nitro benzene ring substituents is 1. The van der Waals surface area contributed by atoms with Gasteiger partial charge in [-0.15, -0.1) is 0 Å². The fourth-order valence-electron chi connectivity index (χ4n) is 2.29. The molecule has 7 heteroatoms. The van der Waals surface area contributed by atoms with Gasteiger partial charge in [-0.05, 0) is 36.2 Å². The Kier molecular flexibility index (Phi) is 5.73. The molecule has 126 valence electrons. The van der Waals surface area contributed by atoms with Crippen molar-refractivity contribution in [3.8, 4) is 11.5 Å². The van der Waals surface area contributed by atoms with E-state index < -0.39 is 4.92 Å². The monoisotopic (exact) mass is 330 g/mol. The van der Waals surface area contributed by atoms with Gasteiger partial charge in [0.15, 0.2) is 11.5 Å². The fourth-order valence-corrected chi connectivity index (χ4v) is 2.29. The van der Waals surface area contributed by atoms with Gasteiger partial charge in [-0.2, -0.15) is 0 Å². The van der Waals surface area contributed by atoms with Gasteiger partial charge < -0.3 is 14.4 Å². The van der Waals surface area contributed by atoms with Crippen LogP contribution in [0.2, 0.25) is 0 Å². The number of hydrogen-bond acceptors (Lipinski definition) is 5. The maximum absolute atomic E-state index is 11.3. The maximum Gasteiger partial charge on any atom is 0.269 e. The average molecular weight is 330 g/mol. The molecule has 0 aromatic heterocycles. The van der Waals surface area contributed by atoms with E-state index in [0.717, 1.165) is 5.56 Å². The molecule has 0 unspecified atom stereocenters. The fraction of sp³-hybridized carbons (Fsp3) is 0.235. The van der Waals surface area contributed by atoms with E-state index in [4.69, 9.17) is 9.47 Å². The van der Waals surface area contributed by atoms with Gasteiger partial charge in [0.1, 0.15) is 0 Å². The summed E-state index contributed by atoms with van der Waals surface area (Å²) in [5.41, 5.74) is 1.59. The third-order valence-corrected chi connectivity index (χ3v) is 3.61. The third-order valence-electron chi connectivity index (χ3n) is 3.61. The van der Waals surface area contributed by atoms with Crippen molar-refractivity contribution in [2.75, 3.05) is 25.7 Å². The zero-order chi connectivity index (χ0) is 17.5. The van der Waals surface area contributed by atoms with Crippen molar-refractivity contribution < 1.29 is 19.2 Å². The van der Waals surface area contributed by atoms with Crippen molar-refractivity contribution in [2.45, 2.75) is 6.42 Å². The van der Waals surface area contributed by atoms with Crippen LogP contribution >= 0.6 is 0 Å². The first kappa shape index (κ1) is 17.3. The lowest BCUT2D eigenvalue weighted by atomic mass is 10.1. The summed E-state index contributed by atoms with van der Waals surface area (Å²) >= 11 is 0. The number of non-ortho nitro benzene ring substituents is 1. The van der Waals surface area contributed by atoms with Gasteiger partial charge >= 0.3 is 0 Å². The summed E-state index contributed by atoms with van der Waals surface area (Å²) in [6.07, 6.45) is 1.32. The molecule has 0 heterocycles. The number of benzene rings is 2. The third kappa shape index (κ3) is 4.01. The van der Waals surface area contributed by atoms with Crippen molar-refractivity contribution in [2.24, 2.45) is 0 Å². The summed E-state index contributed by atoms with van der Waals surface area (Å²) in [6, 6.07) is 11.4. The molecule has 0 fully saturated rings. The molecule has 0 N–H and O–H groups in total. The summed E-state index contributed by atoms with van der Waals surface area (Å²) in [5.74, 6) is 1.27. The Morgan fingerprint density at radius 2 is 1.75 bits per heavy atom. The first-order valence-corrected chi connectivity index (χ1v) is 7.26. The Morgan fingerprint density at radius 3 is 2.29 bits per heavy atom. The normalized spacial score (nSPS) is 10.1. The molecule has 0 radical (unpaired) electrons. The number of anilines is 1. The van der Waals surface area contributed by atoms with Gasteiger partial charge in [-0.25, -0.2) is 0 Å². The highest BCUT2D eigenvalue weighted by Crippen LogP contribution is 2.28. The zero-order valence-corrected chi connectivity index (χ0v) is 13.5. The quantitative estimate of drug-likeness (QED) is 0.422. The first-order valence-electron chi connectivity index (χ1n) is 7.26. The van der Waals surface area contributed by atoms with Crippen LogP contribution in [0.25, 0.3) is 0 Å². The molecule has 2 aromatic carbocycles. The number of carbonyl (C=O) groups excluding carboxylic acids is 1. The minimum absolute atomic E-state index is 0.00973.